The van der Waals surface area contributed by atoms with E-state index in [2.05, 4.69) is 10.6 Å². The topological polar surface area (TPSA) is 101 Å². The molecule has 1 aromatic carbocycles. The summed E-state index contributed by atoms with van der Waals surface area (Å²) in [6.45, 7) is 5.34. The highest BCUT2D eigenvalue weighted by Crippen LogP contribution is 2.06. The molecule has 131 valence electrons. The van der Waals surface area contributed by atoms with Crippen molar-refractivity contribution in [3.8, 4) is 0 Å². The van der Waals surface area contributed by atoms with Crippen molar-refractivity contribution in [2.75, 3.05) is 0 Å². The molecule has 4 unspecified atom stereocenters. The van der Waals surface area contributed by atoms with Crippen LogP contribution in [0, 0.1) is 5.92 Å². The van der Waals surface area contributed by atoms with Crippen molar-refractivity contribution < 1.29 is 14.4 Å². The van der Waals surface area contributed by atoms with Crippen LogP contribution in [0.3, 0.4) is 0 Å². The number of hydrogen-bond donors (Lipinski definition) is 3. The molecule has 4 N–H and O–H groups in total. The van der Waals surface area contributed by atoms with Gasteiger partial charge >= 0.3 is 0 Å². The predicted molar refractivity (Wildman–Crippen MR) is 92.8 cm³/mol. The van der Waals surface area contributed by atoms with Gasteiger partial charge in [-0.15, -0.1) is 0 Å². The Labute approximate surface area is 143 Å². The fourth-order valence-corrected chi connectivity index (χ4v) is 2.15. The molecule has 1 radical (unpaired) electrons. The summed E-state index contributed by atoms with van der Waals surface area (Å²) in [7, 11) is 0. The fourth-order valence-electron chi connectivity index (χ4n) is 2.15. The minimum Gasteiger partial charge on any atom is -0.344 e. The summed E-state index contributed by atoms with van der Waals surface area (Å²) in [4.78, 5) is 35.2. The van der Waals surface area contributed by atoms with Crippen LogP contribution in [-0.2, 0) is 20.8 Å². The summed E-state index contributed by atoms with van der Waals surface area (Å²) >= 11 is 0. The molecular weight excluding hydrogens is 306 g/mol. The quantitative estimate of drug-likeness (QED) is 0.619. The number of rotatable bonds is 9. The molecule has 4 atom stereocenters. The Hall–Kier alpha value is -2.21. The largest absolute Gasteiger partial charge is 0.344 e. The maximum atomic E-state index is 12.1. The maximum absolute atomic E-state index is 12.1. The van der Waals surface area contributed by atoms with Gasteiger partial charge in [0.05, 0.1) is 12.1 Å². The summed E-state index contributed by atoms with van der Waals surface area (Å²) < 4.78 is 0. The second kappa shape index (κ2) is 9.82. The molecule has 0 saturated carbocycles. The molecule has 0 aliphatic rings. The summed E-state index contributed by atoms with van der Waals surface area (Å²) in [5.74, 6) is -0.852. The summed E-state index contributed by atoms with van der Waals surface area (Å²) in [6.07, 6.45) is 2.95. The Kier molecular flexibility index (Phi) is 8.12. The van der Waals surface area contributed by atoms with Crippen molar-refractivity contribution in [1.82, 2.24) is 10.6 Å². The minimum atomic E-state index is -0.778. The van der Waals surface area contributed by atoms with Crippen LogP contribution >= 0.6 is 0 Å². The van der Waals surface area contributed by atoms with Crippen LogP contribution in [0.5, 0.6) is 0 Å². The van der Waals surface area contributed by atoms with Gasteiger partial charge in [0, 0.05) is 0 Å². The van der Waals surface area contributed by atoms with Crippen LogP contribution in [0.1, 0.15) is 32.8 Å². The molecule has 2 amide bonds. The van der Waals surface area contributed by atoms with Crippen molar-refractivity contribution in [2.45, 2.75) is 51.7 Å². The van der Waals surface area contributed by atoms with E-state index in [0.29, 0.717) is 6.42 Å². The Morgan fingerprint density at radius 2 is 1.75 bits per heavy atom. The number of hydrogen-bond acceptors (Lipinski definition) is 4. The van der Waals surface area contributed by atoms with Crippen LogP contribution < -0.4 is 16.4 Å². The smallest absolute Gasteiger partial charge is 0.242 e. The highest BCUT2D eigenvalue weighted by molar-refractivity contribution is 5.90. The van der Waals surface area contributed by atoms with Gasteiger partial charge in [0.15, 0.2) is 0 Å². The zero-order chi connectivity index (χ0) is 18.1. The zero-order valence-corrected chi connectivity index (χ0v) is 14.4. The first kappa shape index (κ1) is 19.8. The lowest BCUT2D eigenvalue weighted by molar-refractivity contribution is -0.129. The highest BCUT2D eigenvalue weighted by atomic mass is 16.2. The van der Waals surface area contributed by atoms with Crippen LogP contribution in [0.2, 0.25) is 0 Å². The molecule has 1 rings (SSSR count). The third-order valence-electron chi connectivity index (χ3n) is 4.02. The lowest BCUT2D eigenvalue weighted by Gasteiger charge is -2.22. The van der Waals surface area contributed by atoms with Gasteiger partial charge in [0.2, 0.25) is 18.1 Å². The van der Waals surface area contributed by atoms with Gasteiger partial charge in [-0.3, -0.25) is 14.4 Å². The SMILES string of the molecule is CCC(C)C([C]=O)NC(=O)C(C)NC(=O)C(N)Cc1ccccc1. The minimum absolute atomic E-state index is 0.0188. The molecule has 0 aliphatic carbocycles. The van der Waals surface area contributed by atoms with E-state index >= 15 is 0 Å². The average molecular weight is 332 g/mol. The third kappa shape index (κ3) is 6.12. The molecule has 0 spiro atoms. The molecular formula is C18H26N3O3. The first-order chi connectivity index (χ1) is 11.4. The van der Waals surface area contributed by atoms with Crippen molar-refractivity contribution >= 4 is 18.1 Å². The standard InChI is InChI=1S/C18H26N3O3/c1-4-12(2)16(11-22)21-17(23)13(3)20-18(24)15(19)10-14-8-6-5-7-9-14/h5-9,12-13,15-16H,4,10,19H2,1-3H3,(H,20,24)(H,21,23). The number of nitrogens with two attached hydrogens (primary N) is 1. The average Bonchev–Trinajstić information content (AvgIpc) is 2.59. The lowest BCUT2D eigenvalue weighted by Crippen LogP contribution is -2.53. The van der Waals surface area contributed by atoms with E-state index in [-0.39, 0.29) is 5.92 Å². The highest BCUT2D eigenvalue weighted by Gasteiger charge is 2.24. The predicted octanol–water partition coefficient (Wildman–Crippen LogP) is 0.702. The van der Waals surface area contributed by atoms with Crippen LogP contribution in [0.15, 0.2) is 30.3 Å². The van der Waals surface area contributed by atoms with Crippen molar-refractivity contribution in [3.63, 3.8) is 0 Å². The van der Waals surface area contributed by atoms with Crippen molar-refractivity contribution in [1.29, 1.82) is 0 Å². The molecule has 0 aliphatic heterocycles. The number of carbonyl (C=O) groups excluding carboxylic acids is 3. The number of nitrogens with one attached hydrogen (secondary N) is 2. The fraction of sp³-hybridized carbons (Fsp3) is 0.500. The molecule has 0 aromatic heterocycles. The van der Waals surface area contributed by atoms with E-state index in [1.54, 1.807) is 6.92 Å². The summed E-state index contributed by atoms with van der Waals surface area (Å²) in [5, 5.41) is 5.17. The van der Waals surface area contributed by atoms with Gasteiger partial charge in [-0.1, -0.05) is 50.6 Å². The van der Waals surface area contributed by atoms with E-state index in [1.807, 2.05) is 50.5 Å². The van der Waals surface area contributed by atoms with Crippen molar-refractivity contribution in [3.05, 3.63) is 35.9 Å². The number of carbonyl (C=O) groups is 2. The molecule has 0 bridgehead atoms. The molecule has 6 heteroatoms. The van der Waals surface area contributed by atoms with Gasteiger partial charge in [0.1, 0.15) is 6.04 Å². The molecule has 1 aromatic rings. The first-order valence-electron chi connectivity index (χ1n) is 8.16. The summed E-state index contributed by atoms with van der Waals surface area (Å²) in [6, 6.07) is 7.21. The normalized spacial score (nSPS) is 15.7. The number of benzene rings is 1. The Morgan fingerprint density at radius 3 is 2.29 bits per heavy atom. The monoisotopic (exact) mass is 332 g/mol. The van der Waals surface area contributed by atoms with E-state index in [0.717, 1.165) is 12.0 Å². The van der Waals surface area contributed by atoms with Crippen LogP contribution in [-0.4, -0.2) is 36.2 Å². The molecule has 0 fully saturated rings. The van der Waals surface area contributed by atoms with Gasteiger partial charge in [0.25, 0.3) is 0 Å². The van der Waals surface area contributed by atoms with Crippen LogP contribution in [0.25, 0.3) is 0 Å². The van der Waals surface area contributed by atoms with Crippen LogP contribution in [0.4, 0.5) is 0 Å². The van der Waals surface area contributed by atoms with Gasteiger partial charge in [-0.25, -0.2) is 0 Å². The van der Waals surface area contributed by atoms with E-state index < -0.39 is 29.9 Å². The van der Waals surface area contributed by atoms with E-state index in [9.17, 15) is 14.4 Å². The van der Waals surface area contributed by atoms with E-state index in [1.165, 1.54) is 0 Å². The third-order valence-corrected chi connectivity index (χ3v) is 4.02. The molecule has 0 heterocycles. The van der Waals surface area contributed by atoms with E-state index in [4.69, 9.17) is 5.73 Å². The zero-order valence-electron chi connectivity index (χ0n) is 14.4. The number of amides is 2. The maximum Gasteiger partial charge on any atom is 0.242 e. The Bertz CT molecular complexity index is 548. The molecule has 24 heavy (non-hydrogen) atoms. The van der Waals surface area contributed by atoms with Gasteiger partial charge in [-0.2, -0.15) is 0 Å². The second-order valence-corrected chi connectivity index (χ2v) is 6.02. The van der Waals surface area contributed by atoms with Crippen molar-refractivity contribution in [2.24, 2.45) is 11.7 Å². The van der Waals surface area contributed by atoms with Gasteiger partial charge < -0.3 is 16.4 Å². The first-order valence-corrected chi connectivity index (χ1v) is 8.16. The lowest BCUT2D eigenvalue weighted by atomic mass is 10.00. The molecule has 0 saturated heterocycles. The Balaban J connectivity index is 2.53. The Morgan fingerprint density at radius 1 is 1.12 bits per heavy atom. The summed E-state index contributed by atoms with van der Waals surface area (Å²) in [5.41, 5.74) is 6.84. The second-order valence-electron chi connectivity index (χ2n) is 6.02. The van der Waals surface area contributed by atoms with Gasteiger partial charge in [-0.05, 0) is 24.8 Å². The molecule has 6 nitrogen and oxygen atoms in total.